The minimum absolute atomic E-state index is 0.0125. The van der Waals surface area contributed by atoms with Gasteiger partial charge in [0.2, 0.25) is 6.79 Å². The van der Waals surface area contributed by atoms with Gasteiger partial charge in [-0.05, 0) is 30.7 Å². The second-order valence-corrected chi connectivity index (χ2v) is 4.79. The molecule has 1 heterocycles. The molecular formula is C15H14N2O4. The summed E-state index contributed by atoms with van der Waals surface area (Å²) < 4.78 is 10.6. The van der Waals surface area contributed by atoms with Crippen LogP contribution in [-0.4, -0.2) is 11.7 Å². The van der Waals surface area contributed by atoms with E-state index < -0.39 is 4.92 Å². The van der Waals surface area contributed by atoms with Crippen molar-refractivity contribution in [2.45, 2.75) is 13.0 Å². The third-order valence-corrected chi connectivity index (χ3v) is 3.34. The Balaban J connectivity index is 1.78. The minimum atomic E-state index is -0.406. The first kappa shape index (κ1) is 13.2. The summed E-state index contributed by atoms with van der Waals surface area (Å²) in [5.41, 5.74) is 1.79. The first-order chi connectivity index (χ1) is 10.1. The van der Waals surface area contributed by atoms with E-state index in [0.29, 0.717) is 5.69 Å². The van der Waals surface area contributed by atoms with Gasteiger partial charge in [0, 0.05) is 23.9 Å². The molecule has 1 unspecified atom stereocenters. The molecule has 6 heteroatoms. The molecule has 0 saturated heterocycles. The summed E-state index contributed by atoms with van der Waals surface area (Å²) in [4.78, 5) is 10.4. The van der Waals surface area contributed by atoms with Crippen molar-refractivity contribution in [2.75, 3.05) is 12.1 Å². The lowest BCUT2D eigenvalue weighted by Crippen LogP contribution is -2.06. The van der Waals surface area contributed by atoms with Gasteiger partial charge in [-0.2, -0.15) is 0 Å². The number of nitrogens with one attached hydrogen (secondary N) is 1. The zero-order valence-corrected chi connectivity index (χ0v) is 11.4. The fraction of sp³-hybridized carbons (Fsp3) is 0.200. The van der Waals surface area contributed by atoms with Gasteiger partial charge in [-0.1, -0.05) is 12.1 Å². The topological polar surface area (TPSA) is 73.6 Å². The summed E-state index contributed by atoms with van der Waals surface area (Å²) in [5, 5.41) is 14.0. The molecule has 2 aromatic carbocycles. The van der Waals surface area contributed by atoms with Gasteiger partial charge in [-0.25, -0.2) is 0 Å². The molecule has 6 nitrogen and oxygen atoms in total. The monoisotopic (exact) mass is 286 g/mol. The quantitative estimate of drug-likeness (QED) is 0.688. The molecule has 0 aromatic heterocycles. The highest BCUT2D eigenvalue weighted by Gasteiger charge is 2.16. The molecule has 108 valence electrons. The predicted molar refractivity (Wildman–Crippen MR) is 77.7 cm³/mol. The lowest BCUT2D eigenvalue weighted by atomic mass is 10.1. The molecular weight excluding hydrogens is 272 g/mol. The van der Waals surface area contributed by atoms with E-state index in [0.717, 1.165) is 17.1 Å². The van der Waals surface area contributed by atoms with Crippen molar-refractivity contribution in [1.82, 2.24) is 0 Å². The molecule has 0 saturated carbocycles. The van der Waals surface area contributed by atoms with Gasteiger partial charge >= 0.3 is 0 Å². The highest BCUT2D eigenvalue weighted by molar-refractivity contribution is 5.53. The van der Waals surface area contributed by atoms with Gasteiger partial charge in [0.25, 0.3) is 5.69 Å². The first-order valence-corrected chi connectivity index (χ1v) is 6.54. The van der Waals surface area contributed by atoms with E-state index in [4.69, 9.17) is 9.47 Å². The van der Waals surface area contributed by atoms with E-state index in [9.17, 15) is 10.1 Å². The van der Waals surface area contributed by atoms with Crippen LogP contribution in [0.1, 0.15) is 18.5 Å². The molecule has 1 aliphatic rings. The highest BCUT2D eigenvalue weighted by atomic mass is 16.7. The minimum Gasteiger partial charge on any atom is -0.454 e. The maximum atomic E-state index is 10.8. The molecule has 3 rings (SSSR count). The van der Waals surface area contributed by atoms with E-state index in [-0.39, 0.29) is 18.5 Å². The molecule has 0 fully saturated rings. The van der Waals surface area contributed by atoms with E-state index in [1.54, 1.807) is 12.1 Å². The summed E-state index contributed by atoms with van der Waals surface area (Å²) in [5.74, 6) is 1.46. The average Bonchev–Trinajstić information content (AvgIpc) is 2.94. The normalized spacial score (nSPS) is 13.8. The second kappa shape index (κ2) is 5.32. The van der Waals surface area contributed by atoms with Crippen molar-refractivity contribution < 1.29 is 14.4 Å². The lowest BCUT2D eigenvalue weighted by Gasteiger charge is -2.16. The van der Waals surface area contributed by atoms with E-state index >= 15 is 0 Å². The van der Waals surface area contributed by atoms with Crippen molar-refractivity contribution in [3.63, 3.8) is 0 Å². The largest absolute Gasteiger partial charge is 0.454 e. The third kappa shape index (κ3) is 2.74. The van der Waals surface area contributed by atoms with Crippen LogP contribution in [0.2, 0.25) is 0 Å². The van der Waals surface area contributed by atoms with Crippen LogP contribution in [0, 0.1) is 10.1 Å². The van der Waals surface area contributed by atoms with Gasteiger partial charge in [-0.3, -0.25) is 10.1 Å². The number of hydrogen-bond acceptors (Lipinski definition) is 5. The van der Waals surface area contributed by atoms with Crippen molar-refractivity contribution in [2.24, 2.45) is 0 Å². The molecule has 0 spiro atoms. The summed E-state index contributed by atoms with van der Waals surface area (Å²) in [6, 6.07) is 12.2. The lowest BCUT2D eigenvalue weighted by molar-refractivity contribution is -0.384. The first-order valence-electron chi connectivity index (χ1n) is 6.54. The molecule has 1 N–H and O–H groups in total. The second-order valence-electron chi connectivity index (χ2n) is 4.79. The number of nitro groups is 1. The fourth-order valence-corrected chi connectivity index (χ4v) is 2.23. The SMILES string of the molecule is CC(Nc1cccc([N+](=O)[O-])c1)c1ccc2c(c1)OCO2. The summed E-state index contributed by atoms with van der Waals surface area (Å²) >= 11 is 0. The molecule has 0 radical (unpaired) electrons. The molecule has 1 aliphatic heterocycles. The van der Waals surface area contributed by atoms with E-state index in [1.807, 2.05) is 25.1 Å². The number of fused-ring (bicyclic) bond motifs is 1. The smallest absolute Gasteiger partial charge is 0.271 e. The van der Waals surface area contributed by atoms with Gasteiger partial charge in [0.1, 0.15) is 0 Å². The Bertz CT molecular complexity index is 687. The van der Waals surface area contributed by atoms with Crippen LogP contribution in [0.3, 0.4) is 0 Å². The van der Waals surface area contributed by atoms with Crippen LogP contribution in [0.5, 0.6) is 11.5 Å². The summed E-state index contributed by atoms with van der Waals surface area (Å²) in [6.07, 6.45) is 0. The van der Waals surface area contributed by atoms with Crippen molar-refractivity contribution in [3.05, 3.63) is 58.1 Å². The highest BCUT2D eigenvalue weighted by Crippen LogP contribution is 2.35. The number of non-ortho nitro benzene ring substituents is 1. The van der Waals surface area contributed by atoms with Crippen LogP contribution >= 0.6 is 0 Å². The molecule has 2 aromatic rings. The number of nitro benzene ring substituents is 1. The van der Waals surface area contributed by atoms with Gasteiger partial charge < -0.3 is 14.8 Å². The number of rotatable bonds is 4. The maximum absolute atomic E-state index is 10.8. The fourth-order valence-electron chi connectivity index (χ4n) is 2.23. The van der Waals surface area contributed by atoms with Crippen molar-refractivity contribution >= 4 is 11.4 Å². The Kier molecular flexibility index (Phi) is 3.35. The number of benzene rings is 2. The maximum Gasteiger partial charge on any atom is 0.271 e. The van der Waals surface area contributed by atoms with E-state index in [2.05, 4.69) is 5.32 Å². The average molecular weight is 286 g/mol. The molecule has 0 amide bonds. The predicted octanol–water partition coefficient (Wildman–Crippen LogP) is 3.50. The Morgan fingerprint density at radius 2 is 2.00 bits per heavy atom. The van der Waals surface area contributed by atoms with Crippen molar-refractivity contribution in [3.8, 4) is 11.5 Å². The molecule has 1 atom stereocenters. The van der Waals surface area contributed by atoms with Crippen LogP contribution in [0.25, 0.3) is 0 Å². The number of anilines is 1. The number of hydrogen-bond donors (Lipinski definition) is 1. The zero-order chi connectivity index (χ0) is 14.8. The molecule has 0 bridgehead atoms. The Labute approximate surface area is 121 Å². The number of ether oxygens (including phenoxy) is 2. The zero-order valence-electron chi connectivity index (χ0n) is 11.4. The Hall–Kier alpha value is -2.76. The van der Waals surface area contributed by atoms with Gasteiger partial charge in [-0.15, -0.1) is 0 Å². The van der Waals surface area contributed by atoms with E-state index in [1.165, 1.54) is 12.1 Å². The summed E-state index contributed by atoms with van der Waals surface area (Å²) in [7, 11) is 0. The summed E-state index contributed by atoms with van der Waals surface area (Å²) in [6.45, 7) is 2.22. The van der Waals surface area contributed by atoms with Gasteiger partial charge in [0.15, 0.2) is 11.5 Å². The molecule has 21 heavy (non-hydrogen) atoms. The Morgan fingerprint density at radius 3 is 2.81 bits per heavy atom. The van der Waals surface area contributed by atoms with Crippen molar-refractivity contribution in [1.29, 1.82) is 0 Å². The van der Waals surface area contributed by atoms with Crippen LogP contribution in [0.15, 0.2) is 42.5 Å². The standard InChI is InChI=1S/C15H14N2O4/c1-10(11-5-6-14-15(7-11)21-9-20-14)16-12-3-2-4-13(8-12)17(18)19/h2-8,10,16H,9H2,1H3. The molecule has 0 aliphatic carbocycles. The third-order valence-electron chi connectivity index (χ3n) is 3.34. The Morgan fingerprint density at radius 1 is 1.19 bits per heavy atom. The van der Waals surface area contributed by atoms with Gasteiger partial charge in [0.05, 0.1) is 4.92 Å². The van der Waals surface area contributed by atoms with Crippen LogP contribution in [-0.2, 0) is 0 Å². The number of nitrogens with zero attached hydrogens (tertiary/aromatic N) is 1. The van der Waals surface area contributed by atoms with Crippen LogP contribution < -0.4 is 14.8 Å². The van der Waals surface area contributed by atoms with Crippen LogP contribution in [0.4, 0.5) is 11.4 Å².